The predicted molar refractivity (Wildman–Crippen MR) is 85.9 cm³/mol. The fourth-order valence-electron chi connectivity index (χ4n) is 2.58. The quantitative estimate of drug-likeness (QED) is 0.828. The number of hydrogen-bond acceptors (Lipinski definition) is 2. The van der Waals surface area contributed by atoms with E-state index in [0.717, 1.165) is 49.1 Å². The maximum absolute atomic E-state index is 12.4. The lowest BCUT2D eigenvalue weighted by Gasteiger charge is -2.20. The molecule has 1 fully saturated rings. The summed E-state index contributed by atoms with van der Waals surface area (Å²) in [6.07, 6.45) is 1.93. The number of amides is 1. The van der Waals surface area contributed by atoms with Crippen molar-refractivity contribution in [2.45, 2.75) is 32.1 Å². The van der Waals surface area contributed by atoms with Crippen molar-refractivity contribution in [2.75, 3.05) is 26.2 Å². The summed E-state index contributed by atoms with van der Waals surface area (Å²) >= 11 is 3.44. The Bertz CT molecular complexity index is 450. The van der Waals surface area contributed by atoms with Crippen LogP contribution in [0.1, 0.15) is 32.3 Å². The predicted octanol–water partition coefficient (Wildman–Crippen LogP) is 2.94. The van der Waals surface area contributed by atoms with E-state index in [-0.39, 0.29) is 11.3 Å². The summed E-state index contributed by atoms with van der Waals surface area (Å²) < 4.78 is 1.05. The largest absolute Gasteiger partial charge is 0.354 e. The number of likely N-dealkylation sites (N-methyl/N-ethyl adjacent to an activating group) is 1. The third kappa shape index (κ3) is 3.41. The van der Waals surface area contributed by atoms with Gasteiger partial charge in [-0.25, -0.2) is 0 Å². The molecule has 1 N–H and O–H groups in total. The molecule has 1 saturated carbocycles. The first kappa shape index (κ1) is 15.5. The molecule has 0 saturated heterocycles. The molecule has 0 aromatic heterocycles. The molecule has 1 aliphatic rings. The molecule has 1 aromatic rings. The summed E-state index contributed by atoms with van der Waals surface area (Å²) in [5.41, 5.74) is 0.880. The monoisotopic (exact) mass is 338 g/mol. The van der Waals surface area contributed by atoms with Crippen LogP contribution in [0.5, 0.6) is 0 Å². The zero-order chi connectivity index (χ0) is 14.6. The lowest BCUT2D eigenvalue weighted by atomic mass is 9.95. The van der Waals surface area contributed by atoms with Crippen molar-refractivity contribution >= 4 is 21.8 Å². The fraction of sp³-hybridized carbons (Fsp3) is 0.562. The fourth-order valence-corrected chi connectivity index (χ4v) is 2.84. The van der Waals surface area contributed by atoms with E-state index >= 15 is 0 Å². The second-order valence-corrected chi connectivity index (χ2v) is 6.29. The molecule has 0 heterocycles. The van der Waals surface area contributed by atoms with E-state index < -0.39 is 0 Å². The van der Waals surface area contributed by atoms with Gasteiger partial charge in [0.25, 0.3) is 0 Å². The third-order valence-corrected chi connectivity index (χ3v) is 4.72. The van der Waals surface area contributed by atoms with Crippen LogP contribution < -0.4 is 5.32 Å². The molecule has 0 unspecified atom stereocenters. The van der Waals surface area contributed by atoms with Crippen LogP contribution in [0.25, 0.3) is 0 Å². The van der Waals surface area contributed by atoms with Gasteiger partial charge in [-0.05, 0) is 43.6 Å². The van der Waals surface area contributed by atoms with Gasteiger partial charge < -0.3 is 10.2 Å². The second kappa shape index (κ2) is 6.72. The molecular weight excluding hydrogens is 316 g/mol. The summed E-state index contributed by atoms with van der Waals surface area (Å²) in [6.45, 7) is 8.02. The van der Waals surface area contributed by atoms with Crippen LogP contribution in [0.3, 0.4) is 0 Å². The smallest absolute Gasteiger partial charge is 0.230 e. The Kier molecular flexibility index (Phi) is 5.22. The molecule has 0 radical (unpaired) electrons. The van der Waals surface area contributed by atoms with Crippen LogP contribution in [-0.4, -0.2) is 37.0 Å². The Morgan fingerprint density at radius 2 is 1.85 bits per heavy atom. The minimum atomic E-state index is -0.260. The molecule has 1 aliphatic carbocycles. The van der Waals surface area contributed by atoms with Gasteiger partial charge in [-0.2, -0.15) is 0 Å². The van der Waals surface area contributed by atoms with Crippen LogP contribution in [0.4, 0.5) is 0 Å². The average Bonchev–Trinajstić information content (AvgIpc) is 3.26. The van der Waals surface area contributed by atoms with Crippen LogP contribution in [0.2, 0.25) is 0 Å². The van der Waals surface area contributed by atoms with E-state index in [1.807, 2.05) is 12.1 Å². The van der Waals surface area contributed by atoms with Crippen molar-refractivity contribution in [1.29, 1.82) is 0 Å². The highest BCUT2D eigenvalue weighted by molar-refractivity contribution is 9.10. The van der Waals surface area contributed by atoms with E-state index in [1.54, 1.807) is 0 Å². The van der Waals surface area contributed by atoms with E-state index in [4.69, 9.17) is 0 Å². The third-order valence-electron chi connectivity index (χ3n) is 4.19. The molecule has 0 spiro atoms. The first-order valence-electron chi connectivity index (χ1n) is 7.39. The molecule has 20 heavy (non-hydrogen) atoms. The maximum Gasteiger partial charge on any atom is 0.230 e. The van der Waals surface area contributed by atoms with Crippen molar-refractivity contribution in [3.8, 4) is 0 Å². The van der Waals surface area contributed by atoms with Gasteiger partial charge in [-0.15, -0.1) is 0 Å². The van der Waals surface area contributed by atoms with Crippen LogP contribution in [0, 0.1) is 0 Å². The van der Waals surface area contributed by atoms with Crippen molar-refractivity contribution < 1.29 is 4.79 Å². The van der Waals surface area contributed by atoms with Gasteiger partial charge in [-0.3, -0.25) is 4.79 Å². The minimum absolute atomic E-state index is 0.187. The molecule has 2 rings (SSSR count). The number of nitrogens with one attached hydrogen (secondary N) is 1. The number of halogens is 1. The van der Waals surface area contributed by atoms with Crippen molar-refractivity contribution in [3.05, 3.63) is 34.3 Å². The lowest BCUT2D eigenvalue weighted by molar-refractivity contribution is -0.123. The zero-order valence-corrected chi connectivity index (χ0v) is 13.9. The first-order chi connectivity index (χ1) is 9.62. The summed E-state index contributed by atoms with van der Waals surface area (Å²) in [7, 11) is 0. The SMILES string of the molecule is CCN(CC)CCNC(=O)C1(c2ccc(Br)cc2)CC1. The van der Waals surface area contributed by atoms with E-state index in [2.05, 4.69) is 52.1 Å². The van der Waals surface area contributed by atoms with Gasteiger partial charge in [0.15, 0.2) is 0 Å². The van der Waals surface area contributed by atoms with E-state index in [9.17, 15) is 4.79 Å². The highest BCUT2D eigenvalue weighted by Gasteiger charge is 2.50. The molecule has 0 atom stereocenters. The number of rotatable bonds is 7. The van der Waals surface area contributed by atoms with Gasteiger partial charge in [0.05, 0.1) is 5.41 Å². The Balaban J connectivity index is 1.90. The Labute approximate surface area is 129 Å². The second-order valence-electron chi connectivity index (χ2n) is 5.37. The van der Waals surface area contributed by atoms with Gasteiger partial charge in [0.2, 0.25) is 5.91 Å². The number of benzene rings is 1. The summed E-state index contributed by atoms with van der Waals surface area (Å²) in [6, 6.07) is 8.14. The number of hydrogen-bond donors (Lipinski definition) is 1. The first-order valence-corrected chi connectivity index (χ1v) is 8.18. The molecule has 0 aliphatic heterocycles. The van der Waals surface area contributed by atoms with Crippen LogP contribution in [-0.2, 0) is 10.2 Å². The van der Waals surface area contributed by atoms with Crippen molar-refractivity contribution in [2.24, 2.45) is 0 Å². The number of carbonyl (C=O) groups excluding carboxylic acids is 1. The topological polar surface area (TPSA) is 32.3 Å². The molecule has 110 valence electrons. The average molecular weight is 339 g/mol. The van der Waals surface area contributed by atoms with Crippen LogP contribution in [0.15, 0.2) is 28.7 Å². The minimum Gasteiger partial charge on any atom is -0.354 e. The highest BCUT2D eigenvalue weighted by Crippen LogP contribution is 2.48. The Hall–Kier alpha value is -0.870. The molecule has 4 heteroatoms. The highest BCUT2D eigenvalue weighted by atomic mass is 79.9. The molecule has 3 nitrogen and oxygen atoms in total. The summed E-state index contributed by atoms with van der Waals surface area (Å²) in [4.78, 5) is 14.7. The summed E-state index contributed by atoms with van der Waals surface area (Å²) in [5, 5.41) is 3.11. The Morgan fingerprint density at radius 1 is 1.25 bits per heavy atom. The van der Waals surface area contributed by atoms with E-state index in [1.165, 1.54) is 0 Å². The molecule has 0 bridgehead atoms. The maximum atomic E-state index is 12.4. The van der Waals surface area contributed by atoms with Gasteiger partial charge in [0.1, 0.15) is 0 Å². The van der Waals surface area contributed by atoms with Crippen molar-refractivity contribution in [1.82, 2.24) is 10.2 Å². The number of nitrogens with zero attached hydrogens (tertiary/aromatic N) is 1. The lowest BCUT2D eigenvalue weighted by Crippen LogP contribution is -2.39. The Morgan fingerprint density at radius 3 is 2.35 bits per heavy atom. The van der Waals surface area contributed by atoms with E-state index in [0.29, 0.717) is 0 Å². The molecule has 1 aromatic carbocycles. The van der Waals surface area contributed by atoms with Gasteiger partial charge >= 0.3 is 0 Å². The summed E-state index contributed by atoms with van der Waals surface area (Å²) in [5.74, 6) is 0.187. The van der Waals surface area contributed by atoms with Crippen molar-refractivity contribution in [3.63, 3.8) is 0 Å². The normalized spacial score (nSPS) is 16.2. The van der Waals surface area contributed by atoms with Crippen LogP contribution >= 0.6 is 15.9 Å². The zero-order valence-electron chi connectivity index (χ0n) is 12.3. The van der Waals surface area contributed by atoms with Gasteiger partial charge in [-0.1, -0.05) is 41.9 Å². The van der Waals surface area contributed by atoms with Gasteiger partial charge in [0, 0.05) is 17.6 Å². The standard InChI is InChI=1S/C16H23BrN2O/c1-3-19(4-2)12-11-18-15(20)16(9-10-16)13-5-7-14(17)8-6-13/h5-8H,3-4,9-12H2,1-2H3,(H,18,20). The number of carbonyl (C=O) groups is 1. The molecular formula is C16H23BrN2O. The molecule has 1 amide bonds.